The molecular weight excluding hydrogens is 399 g/mol. The van der Waals surface area contributed by atoms with E-state index in [2.05, 4.69) is 50.1 Å². The van der Waals surface area contributed by atoms with Crippen molar-refractivity contribution in [2.24, 2.45) is 0 Å². The lowest BCUT2D eigenvalue weighted by molar-refractivity contribution is 0.414. The SMILES string of the molecule is COc1cccc(CC(Br)c2cc(Br)c(Cl)s2)c1. The summed E-state index contributed by atoms with van der Waals surface area (Å²) in [4.78, 5) is 1.48. The van der Waals surface area contributed by atoms with Gasteiger partial charge in [0, 0.05) is 9.35 Å². The molecule has 1 unspecified atom stereocenters. The van der Waals surface area contributed by atoms with E-state index < -0.39 is 0 Å². The summed E-state index contributed by atoms with van der Waals surface area (Å²) in [5.74, 6) is 0.887. The Morgan fingerprint density at radius 3 is 2.78 bits per heavy atom. The van der Waals surface area contributed by atoms with Crippen LogP contribution in [-0.4, -0.2) is 7.11 Å². The van der Waals surface area contributed by atoms with E-state index in [0.717, 1.165) is 21.0 Å². The Morgan fingerprint density at radius 1 is 1.39 bits per heavy atom. The van der Waals surface area contributed by atoms with Crippen LogP contribution in [0.1, 0.15) is 15.3 Å². The van der Waals surface area contributed by atoms with E-state index in [4.69, 9.17) is 16.3 Å². The number of rotatable bonds is 4. The second kappa shape index (κ2) is 6.42. The molecule has 0 amide bonds. The van der Waals surface area contributed by atoms with Crippen molar-refractivity contribution in [2.45, 2.75) is 11.2 Å². The number of alkyl halides is 1. The zero-order valence-electron chi connectivity index (χ0n) is 9.62. The van der Waals surface area contributed by atoms with Crippen molar-refractivity contribution in [3.63, 3.8) is 0 Å². The molecule has 1 atom stereocenters. The molecule has 0 aliphatic carbocycles. The molecule has 5 heteroatoms. The third kappa shape index (κ3) is 3.50. The normalized spacial score (nSPS) is 12.4. The van der Waals surface area contributed by atoms with Crippen molar-refractivity contribution < 1.29 is 4.74 Å². The summed E-state index contributed by atoms with van der Waals surface area (Å²) < 4.78 is 6.97. The zero-order valence-corrected chi connectivity index (χ0v) is 14.4. The van der Waals surface area contributed by atoms with Crippen molar-refractivity contribution in [1.29, 1.82) is 0 Å². The fourth-order valence-corrected chi connectivity index (χ4v) is 4.13. The molecule has 0 bridgehead atoms. The van der Waals surface area contributed by atoms with Gasteiger partial charge in [-0.1, -0.05) is 39.7 Å². The van der Waals surface area contributed by atoms with Gasteiger partial charge in [-0.15, -0.1) is 11.3 Å². The van der Waals surface area contributed by atoms with Gasteiger partial charge in [-0.25, -0.2) is 0 Å². The summed E-state index contributed by atoms with van der Waals surface area (Å²) in [6.07, 6.45) is 0.903. The predicted octanol–water partition coefficient (Wildman–Crippen LogP) is 5.85. The second-order valence-corrected chi connectivity index (χ2v) is 7.44. The minimum Gasteiger partial charge on any atom is -0.497 e. The van der Waals surface area contributed by atoms with Crippen LogP contribution in [0.5, 0.6) is 5.75 Å². The van der Waals surface area contributed by atoms with Crippen molar-refractivity contribution in [3.8, 4) is 5.75 Å². The summed E-state index contributed by atoms with van der Waals surface area (Å²) >= 11 is 14.8. The summed E-state index contributed by atoms with van der Waals surface area (Å²) in [6.45, 7) is 0. The summed E-state index contributed by atoms with van der Waals surface area (Å²) in [6, 6.07) is 10.2. The second-order valence-electron chi connectivity index (χ2n) is 3.79. The minimum absolute atomic E-state index is 0.262. The summed E-state index contributed by atoms with van der Waals surface area (Å²) in [7, 11) is 1.68. The number of methoxy groups -OCH3 is 1. The quantitative estimate of drug-likeness (QED) is 0.575. The maximum Gasteiger partial charge on any atom is 0.119 e. The molecule has 1 heterocycles. The first-order valence-corrected chi connectivity index (χ1v) is 8.22. The molecule has 0 aliphatic heterocycles. The number of halogens is 3. The van der Waals surface area contributed by atoms with Gasteiger partial charge in [0.2, 0.25) is 0 Å². The molecule has 0 aliphatic rings. The maximum absolute atomic E-state index is 6.05. The van der Waals surface area contributed by atoms with Gasteiger partial charge in [-0.05, 0) is 46.1 Å². The van der Waals surface area contributed by atoms with Crippen LogP contribution in [0, 0.1) is 0 Å². The Balaban J connectivity index is 2.13. The number of thiophene rings is 1. The van der Waals surface area contributed by atoms with Crippen LogP contribution >= 0.6 is 54.8 Å². The van der Waals surface area contributed by atoms with Crippen LogP contribution in [0.15, 0.2) is 34.8 Å². The molecule has 0 N–H and O–H groups in total. The Hall–Kier alpha value is -0.0300. The molecule has 0 spiro atoms. The maximum atomic E-state index is 6.05. The van der Waals surface area contributed by atoms with Gasteiger partial charge in [0.25, 0.3) is 0 Å². The Morgan fingerprint density at radius 2 is 2.17 bits per heavy atom. The monoisotopic (exact) mass is 408 g/mol. The first-order valence-electron chi connectivity index (χ1n) is 5.32. The van der Waals surface area contributed by atoms with Gasteiger partial charge >= 0.3 is 0 Å². The molecule has 1 aromatic carbocycles. The summed E-state index contributed by atoms with van der Waals surface area (Å²) in [5, 5.41) is 0. The average molecular weight is 411 g/mol. The number of hydrogen-bond acceptors (Lipinski definition) is 2. The van der Waals surface area contributed by atoms with Crippen molar-refractivity contribution in [1.82, 2.24) is 0 Å². The van der Waals surface area contributed by atoms with E-state index in [-0.39, 0.29) is 4.83 Å². The predicted molar refractivity (Wildman–Crippen MR) is 85.4 cm³/mol. The highest BCUT2D eigenvalue weighted by Crippen LogP contribution is 2.39. The topological polar surface area (TPSA) is 9.23 Å². The molecule has 2 aromatic rings. The van der Waals surface area contributed by atoms with Crippen LogP contribution in [0.3, 0.4) is 0 Å². The molecule has 0 saturated heterocycles. The fraction of sp³-hybridized carbons (Fsp3) is 0.231. The Kier molecular flexibility index (Phi) is 5.13. The third-order valence-corrected chi connectivity index (χ3v) is 6.23. The number of hydrogen-bond donors (Lipinski definition) is 0. The van der Waals surface area contributed by atoms with Crippen LogP contribution < -0.4 is 4.74 Å². The van der Waals surface area contributed by atoms with Crippen molar-refractivity contribution >= 4 is 54.8 Å². The standard InChI is InChI=1S/C13H11Br2ClOS/c1-17-9-4-2-3-8(5-9)6-10(14)12-7-11(15)13(16)18-12/h2-5,7,10H,6H2,1H3. The molecule has 0 saturated carbocycles. The lowest BCUT2D eigenvalue weighted by atomic mass is 10.1. The van der Waals surface area contributed by atoms with Crippen molar-refractivity contribution in [2.75, 3.05) is 7.11 Å². The van der Waals surface area contributed by atoms with Gasteiger partial charge in [0.1, 0.15) is 10.1 Å². The molecule has 0 radical (unpaired) electrons. The van der Waals surface area contributed by atoms with E-state index in [1.54, 1.807) is 18.4 Å². The van der Waals surface area contributed by atoms with Gasteiger partial charge in [0.05, 0.1) is 11.9 Å². The Bertz CT molecular complexity index is 522. The lowest BCUT2D eigenvalue weighted by Crippen LogP contribution is -1.93. The smallest absolute Gasteiger partial charge is 0.119 e. The summed E-state index contributed by atoms with van der Waals surface area (Å²) in [5.41, 5.74) is 1.23. The molecule has 0 fully saturated rings. The minimum atomic E-state index is 0.262. The lowest BCUT2D eigenvalue weighted by Gasteiger charge is -2.08. The highest BCUT2D eigenvalue weighted by Gasteiger charge is 2.14. The number of benzene rings is 1. The fourth-order valence-electron chi connectivity index (χ4n) is 1.62. The van der Waals surface area contributed by atoms with E-state index in [9.17, 15) is 0 Å². The molecule has 18 heavy (non-hydrogen) atoms. The number of ether oxygens (including phenoxy) is 1. The van der Waals surface area contributed by atoms with E-state index in [0.29, 0.717) is 0 Å². The van der Waals surface area contributed by atoms with E-state index in [1.165, 1.54) is 10.4 Å². The van der Waals surface area contributed by atoms with E-state index >= 15 is 0 Å². The zero-order chi connectivity index (χ0) is 13.1. The van der Waals surface area contributed by atoms with Gasteiger partial charge < -0.3 is 4.74 Å². The highest BCUT2D eigenvalue weighted by molar-refractivity contribution is 9.10. The van der Waals surface area contributed by atoms with Gasteiger partial charge in [0.15, 0.2) is 0 Å². The van der Waals surface area contributed by atoms with Crippen LogP contribution in [0.2, 0.25) is 4.34 Å². The first-order chi connectivity index (χ1) is 8.60. The van der Waals surface area contributed by atoms with Crippen molar-refractivity contribution in [3.05, 3.63) is 49.6 Å². The first kappa shape index (κ1) is 14.4. The molecule has 1 aromatic heterocycles. The van der Waals surface area contributed by atoms with Crippen LogP contribution in [-0.2, 0) is 6.42 Å². The van der Waals surface area contributed by atoms with Crippen LogP contribution in [0.4, 0.5) is 0 Å². The largest absolute Gasteiger partial charge is 0.497 e. The molecule has 2 rings (SSSR count). The molecular formula is C13H11Br2ClOS. The average Bonchev–Trinajstić information content (AvgIpc) is 2.70. The highest BCUT2D eigenvalue weighted by atomic mass is 79.9. The van der Waals surface area contributed by atoms with Gasteiger partial charge in [-0.2, -0.15) is 0 Å². The van der Waals surface area contributed by atoms with Crippen LogP contribution in [0.25, 0.3) is 0 Å². The van der Waals surface area contributed by atoms with E-state index in [1.807, 2.05) is 12.1 Å². The molecule has 1 nitrogen and oxygen atoms in total. The van der Waals surface area contributed by atoms with Gasteiger partial charge in [-0.3, -0.25) is 0 Å². The molecule has 96 valence electrons. The third-order valence-electron chi connectivity index (χ3n) is 2.52. The Labute approximate surface area is 132 Å².